The molecule has 22 heavy (non-hydrogen) atoms. The van der Waals surface area contributed by atoms with E-state index in [0.717, 1.165) is 4.31 Å². The Morgan fingerprint density at radius 3 is 2.41 bits per heavy atom. The normalized spacial score (nSPS) is 13.4. The predicted molar refractivity (Wildman–Crippen MR) is 88.3 cm³/mol. The molecule has 1 amide bonds. The lowest BCUT2D eigenvalue weighted by atomic mass is 10.2. The summed E-state index contributed by atoms with van der Waals surface area (Å²) >= 11 is 1.30. The van der Waals surface area contributed by atoms with Crippen LogP contribution in [0.5, 0.6) is 0 Å². The number of aromatic nitrogens is 1. The van der Waals surface area contributed by atoms with Gasteiger partial charge in [0.05, 0.1) is 10.3 Å². The maximum Gasteiger partial charge on any atom is 0.244 e. The van der Waals surface area contributed by atoms with E-state index in [1.165, 1.54) is 38.1 Å². The van der Waals surface area contributed by atoms with E-state index in [4.69, 9.17) is 0 Å². The molecule has 0 unspecified atom stereocenters. The summed E-state index contributed by atoms with van der Waals surface area (Å²) in [5, 5.41) is 3.19. The number of rotatable bonds is 7. The van der Waals surface area contributed by atoms with Crippen LogP contribution >= 0.6 is 11.8 Å². The van der Waals surface area contributed by atoms with Crippen LogP contribution in [0.2, 0.25) is 0 Å². The van der Waals surface area contributed by atoms with E-state index in [-0.39, 0.29) is 16.1 Å². The van der Waals surface area contributed by atoms with Crippen LogP contribution < -0.4 is 5.32 Å². The first-order valence-corrected chi connectivity index (χ1v) is 9.29. The number of pyridine rings is 1. The van der Waals surface area contributed by atoms with Gasteiger partial charge >= 0.3 is 0 Å². The van der Waals surface area contributed by atoms with E-state index in [2.05, 4.69) is 10.3 Å². The molecule has 0 bridgehead atoms. The molecule has 0 aromatic carbocycles. The minimum Gasteiger partial charge on any atom is -0.355 e. The lowest BCUT2D eigenvalue weighted by Gasteiger charge is -2.14. The van der Waals surface area contributed by atoms with E-state index < -0.39 is 10.0 Å². The molecule has 6 nitrogen and oxygen atoms in total. The van der Waals surface area contributed by atoms with Gasteiger partial charge in [-0.2, -0.15) is 0 Å². The molecule has 1 aromatic heterocycles. The highest BCUT2D eigenvalue weighted by atomic mass is 32.2. The highest BCUT2D eigenvalue weighted by Gasteiger charge is 2.19. The largest absolute Gasteiger partial charge is 0.355 e. The molecule has 0 aliphatic rings. The molecule has 0 spiro atoms. The van der Waals surface area contributed by atoms with E-state index in [0.29, 0.717) is 17.5 Å². The Morgan fingerprint density at radius 2 is 1.95 bits per heavy atom. The molecule has 1 atom stereocenters. The van der Waals surface area contributed by atoms with Crippen molar-refractivity contribution in [3.8, 4) is 0 Å². The van der Waals surface area contributed by atoms with Crippen LogP contribution in [0.4, 0.5) is 0 Å². The lowest BCUT2D eigenvalue weighted by Crippen LogP contribution is -2.33. The molecule has 124 valence electrons. The van der Waals surface area contributed by atoms with Gasteiger partial charge in [-0.3, -0.25) is 4.79 Å². The van der Waals surface area contributed by atoms with Crippen LogP contribution in [0.15, 0.2) is 28.3 Å². The molecule has 1 N–H and O–H groups in total. The molecule has 1 aromatic rings. The predicted octanol–water partition coefficient (Wildman–Crippen LogP) is 1.58. The second kappa shape index (κ2) is 7.94. The van der Waals surface area contributed by atoms with Crippen molar-refractivity contribution in [2.75, 3.05) is 20.6 Å². The fraction of sp³-hybridized carbons (Fsp3) is 0.571. The van der Waals surface area contributed by atoms with Crippen molar-refractivity contribution in [3.63, 3.8) is 0 Å². The summed E-state index contributed by atoms with van der Waals surface area (Å²) in [7, 11) is -0.532. The fourth-order valence-corrected chi connectivity index (χ4v) is 3.14. The standard InChI is InChI=1S/C14H23N3O3S2/c1-10(2)8-16-14(18)11(3)21-13-7-6-12(9-15-13)22(19,20)17(4)5/h6-7,9-11H,8H2,1-5H3,(H,16,18)/t11-/m0/s1. The summed E-state index contributed by atoms with van der Waals surface area (Å²) in [5.74, 6) is 0.347. The Balaban J connectivity index is 2.70. The minimum atomic E-state index is -3.47. The van der Waals surface area contributed by atoms with Crippen molar-refractivity contribution < 1.29 is 13.2 Å². The van der Waals surface area contributed by atoms with Gasteiger partial charge in [-0.25, -0.2) is 17.7 Å². The van der Waals surface area contributed by atoms with E-state index >= 15 is 0 Å². The third-order valence-corrected chi connectivity index (χ3v) is 5.69. The average molecular weight is 345 g/mol. The third-order valence-electron chi connectivity index (χ3n) is 2.84. The molecular weight excluding hydrogens is 322 g/mol. The zero-order valence-electron chi connectivity index (χ0n) is 13.5. The summed E-state index contributed by atoms with van der Waals surface area (Å²) in [4.78, 5) is 16.2. The second-order valence-electron chi connectivity index (χ2n) is 5.52. The molecule has 1 heterocycles. The summed E-state index contributed by atoms with van der Waals surface area (Å²) in [6, 6.07) is 3.12. The van der Waals surface area contributed by atoms with Gasteiger partial charge < -0.3 is 5.32 Å². The molecule has 0 radical (unpaired) electrons. The molecule has 8 heteroatoms. The quantitative estimate of drug-likeness (QED) is 0.759. The highest BCUT2D eigenvalue weighted by Crippen LogP contribution is 2.22. The molecule has 0 fully saturated rings. The van der Waals surface area contributed by atoms with E-state index in [1.807, 2.05) is 13.8 Å². The number of hydrogen-bond donors (Lipinski definition) is 1. The van der Waals surface area contributed by atoms with Gasteiger partial charge in [-0.1, -0.05) is 25.6 Å². The number of nitrogens with one attached hydrogen (secondary N) is 1. The Hall–Kier alpha value is -1.12. The molecular formula is C14H23N3O3S2. The van der Waals surface area contributed by atoms with Crippen LogP contribution in [-0.2, 0) is 14.8 Å². The van der Waals surface area contributed by atoms with Crippen LogP contribution in [0.1, 0.15) is 20.8 Å². The number of hydrogen-bond acceptors (Lipinski definition) is 5. The smallest absolute Gasteiger partial charge is 0.244 e. The Labute approximate surface area is 136 Å². The van der Waals surface area contributed by atoms with Gasteiger partial charge in [-0.15, -0.1) is 0 Å². The highest BCUT2D eigenvalue weighted by molar-refractivity contribution is 8.00. The maximum absolute atomic E-state index is 11.9. The maximum atomic E-state index is 11.9. The third kappa shape index (κ3) is 5.26. The zero-order valence-corrected chi connectivity index (χ0v) is 15.2. The minimum absolute atomic E-state index is 0.0505. The van der Waals surface area contributed by atoms with Gasteiger partial charge in [0.25, 0.3) is 0 Å². The fourth-order valence-electron chi connectivity index (χ4n) is 1.48. The molecule has 0 saturated carbocycles. The Kier molecular flexibility index (Phi) is 6.83. The molecule has 0 aliphatic heterocycles. The Bertz CT molecular complexity index is 598. The summed E-state index contributed by atoms with van der Waals surface area (Å²) in [6.07, 6.45) is 1.32. The van der Waals surface area contributed by atoms with Crippen LogP contribution in [0.3, 0.4) is 0 Å². The van der Waals surface area contributed by atoms with Crippen molar-refractivity contribution in [1.82, 2.24) is 14.6 Å². The number of thioether (sulfide) groups is 1. The Morgan fingerprint density at radius 1 is 1.32 bits per heavy atom. The SMILES string of the molecule is CC(C)CNC(=O)[C@H](C)Sc1ccc(S(=O)(=O)N(C)C)cn1. The van der Waals surface area contributed by atoms with Gasteiger partial charge in [0, 0.05) is 26.8 Å². The molecule has 0 aliphatic carbocycles. The average Bonchev–Trinajstić information content (AvgIpc) is 2.44. The van der Waals surface area contributed by atoms with Crippen molar-refractivity contribution in [1.29, 1.82) is 0 Å². The molecule has 1 rings (SSSR count). The van der Waals surface area contributed by atoms with Crippen LogP contribution in [0, 0.1) is 5.92 Å². The number of carbonyl (C=O) groups is 1. The lowest BCUT2D eigenvalue weighted by molar-refractivity contribution is -0.120. The van der Waals surface area contributed by atoms with Crippen molar-refractivity contribution in [3.05, 3.63) is 18.3 Å². The monoisotopic (exact) mass is 345 g/mol. The van der Waals surface area contributed by atoms with Crippen LogP contribution in [0.25, 0.3) is 0 Å². The number of sulfonamides is 1. The number of nitrogens with zero attached hydrogens (tertiary/aromatic N) is 2. The first-order valence-electron chi connectivity index (χ1n) is 6.97. The van der Waals surface area contributed by atoms with Crippen molar-refractivity contribution in [2.45, 2.75) is 35.9 Å². The first-order chi connectivity index (χ1) is 10.1. The first kappa shape index (κ1) is 18.9. The summed E-state index contributed by atoms with van der Waals surface area (Å²) < 4.78 is 25.0. The summed E-state index contributed by atoms with van der Waals surface area (Å²) in [5.41, 5.74) is 0. The number of amides is 1. The van der Waals surface area contributed by atoms with Gasteiger partial charge in [0.15, 0.2) is 0 Å². The van der Waals surface area contributed by atoms with E-state index in [1.54, 1.807) is 13.0 Å². The van der Waals surface area contributed by atoms with E-state index in [9.17, 15) is 13.2 Å². The number of carbonyl (C=O) groups excluding carboxylic acids is 1. The summed E-state index contributed by atoms with van der Waals surface area (Å²) in [6.45, 7) is 6.50. The van der Waals surface area contributed by atoms with Crippen LogP contribution in [-0.4, -0.2) is 49.5 Å². The topological polar surface area (TPSA) is 79.4 Å². The van der Waals surface area contributed by atoms with Gasteiger partial charge in [-0.05, 0) is 25.0 Å². The van der Waals surface area contributed by atoms with Crippen molar-refractivity contribution >= 4 is 27.7 Å². The molecule has 0 saturated heterocycles. The van der Waals surface area contributed by atoms with Crippen molar-refractivity contribution in [2.24, 2.45) is 5.92 Å². The zero-order chi connectivity index (χ0) is 16.9. The second-order valence-corrected chi connectivity index (χ2v) is 9.03. The van der Waals surface area contributed by atoms with Gasteiger partial charge in [0.2, 0.25) is 15.9 Å². The van der Waals surface area contributed by atoms with Gasteiger partial charge in [0.1, 0.15) is 4.90 Å².